The van der Waals surface area contributed by atoms with Crippen molar-refractivity contribution in [1.29, 1.82) is 0 Å². The molecule has 0 aliphatic carbocycles. The van der Waals surface area contributed by atoms with Crippen LogP contribution in [0.2, 0.25) is 0 Å². The van der Waals surface area contributed by atoms with Gasteiger partial charge in [-0.2, -0.15) is 0 Å². The minimum absolute atomic E-state index is 0.336. The molecule has 22 heavy (non-hydrogen) atoms. The van der Waals surface area contributed by atoms with Crippen molar-refractivity contribution < 1.29 is 10.0 Å². The molecule has 4 nitrogen and oxygen atoms in total. The molecule has 0 unspecified atom stereocenters. The Bertz CT molecular complexity index is 649. The summed E-state index contributed by atoms with van der Waals surface area (Å²) in [5.41, 5.74) is 5.82. The van der Waals surface area contributed by atoms with Crippen LogP contribution < -0.4 is 5.48 Å². The largest absolute Gasteiger partial charge is 0.292 e. The standard InChI is InChI=1S/C18H20N2O2/c1-13(18(21)20-22)12-17(19-2)16-10-8-15(9-11-16)14-6-4-3-5-7-14/h3-11,13,22H,12H2,1-2H3,(H,20,21)/t13-/m0/s1. The average molecular weight is 296 g/mol. The maximum absolute atomic E-state index is 11.4. The molecule has 0 fully saturated rings. The molecule has 0 heterocycles. The van der Waals surface area contributed by atoms with Crippen LogP contribution in [-0.2, 0) is 4.79 Å². The number of amides is 1. The number of hydrogen-bond donors (Lipinski definition) is 2. The van der Waals surface area contributed by atoms with E-state index in [1.807, 2.05) is 42.5 Å². The topological polar surface area (TPSA) is 61.7 Å². The zero-order chi connectivity index (χ0) is 15.9. The molecule has 0 aromatic heterocycles. The monoisotopic (exact) mass is 296 g/mol. The Kier molecular flexibility index (Phi) is 5.44. The van der Waals surface area contributed by atoms with Gasteiger partial charge in [-0.25, -0.2) is 5.48 Å². The van der Waals surface area contributed by atoms with Crippen molar-refractivity contribution in [2.45, 2.75) is 13.3 Å². The molecule has 114 valence electrons. The number of nitrogens with zero attached hydrogens (tertiary/aromatic N) is 1. The summed E-state index contributed by atoms with van der Waals surface area (Å²) in [5, 5.41) is 8.68. The van der Waals surface area contributed by atoms with Gasteiger partial charge in [0.2, 0.25) is 5.91 Å². The zero-order valence-electron chi connectivity index (χ0n) is 12.8. The van der Waals surface area contributed by atoms with Crippen LogP contribution in [0.25, 0.3) is 11.1 Å². The summed E-state index contributed by atoms with van der Waals surface area (Å²) in [5.74, 6) is -0.737. The molecule has 2 aromatic rings. The Morgan fingerprint density at radius 2 is 1.68 bits per heavy atom. The van der Waals surface area contributed by atoms with E-state index in [1.54, 1.807) is 19.5 Å². The van der Waals surface area contributed by atoms with Crippen LogP contribution in [0.1, 0.15) is 18.9 Å². The molecule has 0 saturated heterocycles. The van der Waals surface area contributed by atoms with E-state index in [2.05, 4.69) is 17.1 Å². The molecule has 2 rings (SSSR count). The summed E-state index contributed by atoms with van der Waals surface area (Å²) >= 11 is 0. The van der Waals surface area contributed by atoms with Gasteiger partial charge < -0.3 is 0 Å². The summed E-state index contributed by atoms with van der Waals surface area (Å²) in [4.78, 5) is 15.7. The lowest BCUT2D eigenvalue weighted by atomic mass is 9.96. The van der Waals surface area contributed by atoms with Gasteiger partial charge in [-0.05, 0) is 16.7 Å². The van der Waals surface area contributed by atoms with Crippen molar-refractivity contribution in [3.8, 4) is 11.1 Å². The van der Waals surface area contributed by atoms with Crippen molar-refractivity contribution in [2.75, 3.05) is 7.05 Å². The number of carbonyl (C=O) groups excluding carboxylic acids is 1. The minimum atomic E-state index is -0.401. The van der Waals surface area contributed by atoms with Crippen LogP contribution in [-0.4, -0.2) is 23.9 Å². The zero-order valence-corrected chi connectivity index (χ0v) is 12.8. The number of hydrogen-bond acceptors (Lipinski definition) is 3. The Morgan fingerprint density at radius 3 is 2.23 bits per heavy atom. The molecule has 2 aromatic carbocycles. The van der Waals surface area contributed by atoms with Crippen molar-refractivity contribution >= 4 is 11.6 Å². The lowest BCUT2D eigenvalue weighted by Crippen LogP contribution is -2.27. The van der Waals surface area contributed by atoms with Gasteiger partial charge in [0.05, 0.1) is 0 Å². The second kappa shape index (κ2) is 7.52. The first kappa shape index (κ1) is 15.9. The van der Waals surface area contributed by atoms with E-state index in [0.29, 0.717) is 6.42 Å². The second-order valence-electron chi connectivity index (χ2n) is 5.19. The number of nitrogens with one attached hydrogen (secondary N) is 1. The van der Waals surface area contributed by atoms with E-state index < -0.39 is 5.91 Å². The van der Waals surface area contributed by atoms with E-state index in [9.17, 15) is 4.79 Å². The van der Waals surface area contributed by atoms with Gasteiger partial charge in [-0.3, -0.25) is 15.0 Å². The van der Waals surface area contributed by atoms with Gasteiger partial charge in [0, 0.05) is 25.1 Å². The predicted molar refractivity (Wildman–Crippen MR) is 88.0 cm³/mol. The van der Waals surface area contributed by atoms with Crippen molar-refractivity contribution in [3.63, 3.8) is 0 Å². The lowest BCUT2D eigenvalue weighted by molar-refractivity contribution is -0.132. The SMILES string of the molecule is CN=C(C[C@H](C)C(=O)NO)c1ccc(-c2ccccc2)cc1. The second-order valence-corrected chi connectivity index (χ2v) is 5.19. The van der Waals surface area contributed by atoms with Crippen LogP contribution in [0.5, 0.6) is 0 Å². The average Bonchev–Trinajstić information content (AvgIpc) is 2.59. The van der Waals surface area contributed by atoms with Crippen LogP contribution in [0.3, 0.4) is 0 Å². The van der Waals surface area contributed by atoms with Crippen molar-refractivity contribution in [2.24, 2.45) is 10.9 Å². The summed E-state index contributed by atoms with van der Waals surface area (Å²) in [6, 6.07) is 18.3. The maximum atomic E-state index is 11.4. The Hall–Kier alpha value is -2.46. The molecule has 0 saturated carbocycles. The highest BCUT2D eigenvalue weighted by Crippen LogP contribution is 2.20. The molecule has 1 amide bonds. The molecule has 4 heteroatoms. The summed E-state index contributed by atoms with van der Waals surface area (Å²) in [6.07, 6.45) is 0.480. The number of rotatable bonds is 5. The third-order valence-electron chi connectivity index (χ3n) is 3.65. The fourth-order valence-electron chi connectivity index (χ4n) is 2.32. The Balaban J connectivity index is 2.16. The van der Waals surface area contributed by atoms with Gasteiger partial charge in [-0.15, -0.1) is 0 Å². The molecule has 0 radical (unpaired) electrons. The highest BCUT2D eigenvalue weighted by molar-refractivity contribution is 6.02. The van der Waals surface area contributed by atoms with Gasteiger partial charge >= 0.3 is 0 Å². The first-order valence-corrected chi connectivity index (χ1v) is 7.21. The first-order valence-electron chi connectivity index (χ1n) is 7.21. The highest BCUT2D eigenvalue weighted by atomic mass is 16.5. The smallest absolute Gasteiger partial charge is 0.246 e. The van der Waals surface area contributed by atoms with E-state index in [1.165, 1.54) is 0 Å². The fraction of sp³-hybridized carbons (Fsp3) is 0.222. The van der Waals surface area contributed by atoms with E-state index in [4.69, 9.17) is 5.21 Å². The van der Waals surface area contributed by atoms with E-state index in [-0.39, 0.29) is 5.92 Å². The molecule has 0 aliphatic heterocycles. The third-order valence-corrected chi connectivity index (χ3v) is 3.65. The lowest BCUT2D eigenvalue weighted by Gasteiger charge is -2.12. The van der Waals surface area contributed by atoms with Gasteiger partial charge in [0.25, 0.3) is 0 Å². The number of carbonyl (C=O) groups is 1. The summed E-state index contributed by atoms with van der Waals surface area (Å²) in [6.45, 7) is 1.76. The molecule has 0 bridgehead atoms. The first-order chi connectivity index (χ1) is 10.7. The number of aliphatic imine (C=N–C) groups is 1. The van der Waals surface area contributed by atoms with E-state index >= 15 is 0 Å². The summed E-state index contributed by atoms with van der Waals surface area (Å²) < 4.78 is 0. The van der Waals surface area contributed by atoms with Crippen LogP contribution in [0.4, 0.5) is 0 Å². The maximum Gasteiger partial charge on any atom is 0.246 e. The number of benzene rings is 2. The van der Waals surface area contributed by atoms with Gasteiger partial charge in [0.1, 0.15) is 0 Å². The van der Waals surface area contributed by atoms with Crippen molar-refractivity contribution in [3.05, 3.63) is 60.2 Å². The van der Waals surface area contributed by atoms with Crippen LogP contribution >= 0.6 is 0 Å². The van der Waals surface area contributed by atoms with E-state index in [0.717, 1.165) is 22.4 Å². The normalized spacial score (nSPS) is 12.8. The van der Waals surface area contributed by atoms with Crippen molar-refractivity contribution in [1.82, 2.24) is 5.48 Å². The van der Waals surface area contributed by atoms with Crippen LogP contribution in [0.15, 0.2) is 59.6 Å². The summed E-state index contributed by atoms with van der Waals surface area (Å²) in [7, 11) is 1.71. The Morgan fingerprint density at radius 1 is 1.09 bits per heavy atom. The highest BCUT2D eigenvalue weighted by Gasteiger charge is 2.15. The fourth-order valence-corrected chi connectivity index (χ4v) is 2.32. The van der Waals surface area contributed by atoms with Gasteiger partial charge in [0.15, 0.2) is 0 Å². The predicted octanol–water partition coefficient (Wildman–Crippen LogP) is 3.30. The quantitative estimate of drug-likeness (QED) is 0.505. The van der Waals surface area contributed by atoms with Gasteiger partial charge in [-0.1, -0.05) is 61.5 Å². The third kappa shape index (κ3) is 3.80. The molecule has 0 spiro atoms. The number of hydroxylamine groups is 1. The molecule has 1 atom stereocenters. The minimum Gasteiger partial charge on any atom is -0.292 e. The molecule has 2 N–H and O–H groups in total. The molecule has 0 aliphatic rings. The molecular formula is C18H20N2O2. The van der Waals surface area contributed by atoms with Crippen LogP contribution in [0, 0.1) is 5.92 Å². The Labute approximate surface area is 130 Å². The molecular weight excluding hydrogens is 276 g/mol.